The van der Waals surface area contributed by atoms with Crippen LogP contribution in [-0.4, -0.2) is 36.6 Å². The predicted octanol–water partition coefficient (Wildman–Crippen LogP) is 4.03. The van der Waals surface area contributed by atoms with Crippen molar-refractivity contribution in [3.05, 3.63) is 64.2 Å². The Kier molecular flexibility index (Phi) is 6.69. The molecule has 1 aliphatic rings. The standard InChI is InChI=1S/C22H27N3O4/c1-16(2)23-22(26)18-8-9-20(21(14-18)25(27)28)24-12-10-17(11-13-24)15-29-19-6-4-3-5-7-19/h3-9,14,16-17H,10-13,15H2,1-2H3,(H,23,26). The zero-order valence-corrected chi connectivity index (χ0v) is 16.8. The summed E-state index contributed by atoms with van der Waals surface area (Å²) in [7, 11) is 0. The molecule has 1 heterocycles. The molecule has 2 aromatic carbocycles. The normalized spacial score (nSPS) is 14.7. The van der Waals surface area contributed by atoms with Gasteiger partial charge in [-0.05, 0) is 56.9 Å². The number of hydrogen-bond donors (Lipinski definition) is 1. The van der Waals surface area contributed by atoms with Gasteiger partial charge in [0.15, 0.2) is 0 Å². The second kappa shape index (κ2) is 9.41. The van der Waals surface area contributed by atoms with Crippen LogP contribution in [0.4, 0.5) is 11.4 Å². The maximum absolute atomic E-state index is 12.2. The smallest absolute Gasteiger partial charge is 0.293 e. The number of carbonyl (C=O) groups is 1. The van der Waals surface area contributed by atoms with Crippen LogP contribution in [0.2, 0.25) is 0 Å². The molecule has 1 aliphatic heterocycles. The number of nitrogens with zero attached hydrogens (tertiary/aromatic N) is 2. The summed E-state index contributed by atoms with van der Waals surface area (Å²) in [5, 5.41) is 14.4. The monoisotopic (exact) mass is 397 g/mol. The third kappa shape index (κ3) is 5.47. The fraction of sp³-hybridized carbons (Fsp3) is 0.409. The predicted molar refractivity (Wildman–Crippen MR) is 113 cm³/mol. The quantitative estimate of drug-likeness (QED) is 0.563. The maximum atomic E-state index is 12.2. The van der Waals surface area contributed by atoms with Crippen molar-refractivity contribution in [1.82, 2.24) is 5.32 Å². The minimum Gasteiger partial charge on any atom is -0.493 e. The summed E-state index contributed by atoms with van der Waals surface area (Å²) >= 11 is 0. The molecule has 0 saturated carbocycles. The first kappa shape index (κ1) is 20.6. The van der Waals surface area contributed by atoms with Crippen molar-refractivity contribution in [2.75, 3.05) is 24.6 Å². The number of nitro benzene ring substituents is 1. The van der Waals surface area contributed by atoms with Gasteiger partial charge in [-0.15, -0.1) is 0 Å². The Morgan fingerprint density at radius 1 is 1.21 bits per heavy atom. The van der Waals surface area contributed by atoms with Crippen molar-refractivity contribution in [2.24, 2.45) is 5.92 Å². The number of para-hydroxylation sites is 1. The Labute approximate surface area is 170 Å². The van der Waals surface area contributed by atoms with Crippen LogP contribution in [0.5, 0.6) is 5.75 Å². The molecule has 3 rings (SSSR count). The number of benzene rings is 2. The number of nitro groups is 1. The molecule has 1 amide bonds. The van der Waals surface area contributed by atoms with Crippen molar-refractivity contribution >= 4 is 17.3 Å². The maximum Gasteiger partial charge on any atom is 0.293 e. The molecule has 7 nitrogen and oxygen atoms in total. The first-order chi connectivity index (χ1) is 13.9. The lowest BCUT2D eigenvalue weighted by Gasteiger charge is -2.33. The van der Waals surface area contributed by atoms with Gasteiger partial charge < -0.3 is 15.0 Å². The average molecular weight is 397 g/mol. The molecule has 0 bridgehead atoms. The first-order valence-corrected chi connectivity index (χ1v) is 9.96. The lowest BCUT2D eigenvalue weighted by molar-refractivity contribution is -0.384. The van der Waals surface area contributed by atoms with Gasteiger partial charge in [0, 0.05) is 30.8 Å². The van der Waals surface area contributed by atoms with E-state index in [1.165, 1.54) is 6.07 Å². The molecule has 7 heteroatoms. The molecule has 1 fully saturated rings. The number of piperidine rings is 1. The van der Waals surface area contributed by atoms with E-state index in [4.69, 9.17) is 4.74 Å². The first-order valence-electron chi connectivity index (χ1n) is 9.96. The van der Waals surface area contributed by atoms with E-state index >= 15 is 0 Å². The SMILES string of the molecule is CC(C)NC(=O)c1ccc(N2CCC(COc3ccccc3)CC2)c([N+](=O)[O-])c1. The summed E-state index contributed by atoms with van der Waals surface area (Å²) in [5.74, 6) is 0.980. The van der Waals surface area contributed by atoms with Gasteiger partial charge in [0.05, 0.1) is 11.5 Å². The topological polar surface area (TPSA) is 84.7 Å². The molecule has 0 atom stereocenters. The summed E-state index contributed by atoms with van der Waals surface area (Å²) in [5.41, 5.74) is 0.846. The average Bonchev–Trinajstić information content (AvgIpc) is 2.72. The highest BCUT2D eigenvalue weighted by Crippen LogP contribution is 2.32. The number of rotatable bonds is 7. The van der Waals surface area contributed by atoms with E-state index in [1.807, 2.05) is 49.1 Å². The summed E-state index contributed by atoms with van der Waals surface area (Å²) < 4.78 is 5.85. The largest absolute Gasteiger partial charge is 0.493 e. The third-order valence-electron chi connectivity index (χ3n) is 5.04. The Morgan fingerprint density at radius 2 is 1.90 bits per heavy atom. The summed E-state index contributed by atoms with van der Waals surface area (Å²) in [4.78, 5) is 25.4. The van der Waals surface area contributed by atoms with Gasteiger partial charge in [0.1, 0.15) is 11.4 Å². The van der Waals surface area contributed by atoms with E-state index in [2.05, 4.69) is 5.32 Å². The van der Waals surface area contributed by atoms with Crippen molar-refractivity contribution in [3.8, 4) is 5.75 Å². The number of ether oxygens (including phenoxy) is 1. The van der Waals surface area contributed by atoms with Gasteiger partial charge in [0.25, 0.3) is 11.6 Å². The van der Waals surface area contributed by atoms with Gasteiger partial charge >= 0.3 is 0 Å². The highest BCUT2D eigenvalue weighted by molar-refractivity contribution is 5.96. The summed E-state index contributed by atoms with van der Waals surface area (Å²) in [6, 6.07) is 14.4. The van der Waals surface area contributed by atoms with Crippen molar-refractivity contribution in [3.63, 3.8) is 0 Å². The van der Waals surface area contributed by atoms with Crippen LogP contribution in [0.1, 0.15) is 37.0 Å². The zero-order chi connectivity index (χ0) is 20.8. The van der Waals surface area contributed by atoms with Crippen molar-refractivity contribution in [2.45, 2.75) is 32.7 Å². The molecule has 0 aromatic heterocycles. The molecule has 2 aromatic rings. The number of nitrogens with one attached hydrogen (secondary N) is 1. The summed E-state index contributed by atoms with van der Waals surface area (Å²) in [6.07, 6.45) is 1.80. The van der Waals surface area contributed by atoms with Gasteiger partial charge in [-0.2, -0.15) is 0 Å². The second-order valence-corrected chi connectivity index (χ2v) is 7.64. The Morgan fingerprint density at radius 3 is 2.52 bits per heavy atom. The minimum absolute atomic E-state index is 0.0274. The fourth-order valence-electron chi connectivity index (χ4n) is 3.50. The van der Waals surface area contributed by atoms with E-state index in [9.17, 15) is 14.9 Å². The number of carbonyl (C=O) groups excluding carboxylic acids is 1. The second-order valence-electron chi connectivity index (χ2n) is 7.64. The Hall–Kier alpha value is -3.09. The van der Waals surface area contributed by atoms with E-state index in [-0.39, 0.29) is 17.6 Å². The van der Waals surface area contributed by atoms with Crippen LogP contribution >= 0.6 is 0 Å². The van der Waals surface area contributed by atoms with Gasteiger partial charge in [-0.1, -0.05) is 18.2 Å². The van der Waals surface area contributed by atoms with Crippen LogP contribution < -0.4 is 15.0 Å². The molecule has 1 N–H and O–H groups in total. The zero-order valence-electron chi connectivity index (χ0n) is 16.8. The van der Waals surface area contributed by atoms with Gasteiger partial charge in [-0.25, -0.2) is 0 Å². The Bertz CT molecular complexity index is 846. The molecule has 0 aliphatic carbocycles. The minimum atomic E-state index is -0.411. The van der Waals surface area contributed by atoms with E-state index < -0.39 is 4.92 Å². The molecule has 154 valence electrons. The molecule has 1 saturated heterocycles. The lowest BCUT2D eigenvalue weighted by atomic mass is 9.97. The third-order valence-corrected chi connectivity index (χ3v) is 5.04. The van der Waals surface area contributed by atoms with E-state index in [1.54, 1.807) is 12.1 Å². The van der Waals surface area contributed by atoms with Crippen LogP contribution in [0, 0.1) is 16.0 Å². The number of anilines is 1. The van der Waals surface area contributed by atoms with Crippen molar-refractivity contribution in [1.29, 1.82) is 0 Å². The van der Waals surface area contributed by atoms with E-state index in [0.29, 0.717) is 23.8 Å². The van der Waals surface area contributed by atoms with Crippen LogP contribution in [0.25, 0.3) is 0 Å². The van der Waals surface area contributed by atoms with Gasteiger partial charge in [0.2, 0.25) is 0 Å². The Balaban J connectivity index is 1.63. The molecule has 0 unspecified atom stereocenters. The van der Waals surface area contributed by atoms with Crippen LogP contribution in [0.3, 0.4) is 0 Å². The van der Waals surface area contributed by atoms with Crippen molar-refractivity contribution < 1.29 is 14.5 Å². The highest BCUT2D eigenvalue weighted by Gasteiger charge is 2.26. The fourth-order valence-corrected chi connectivity index (χ4v) is 3.50. The molecule has 0 spiro atoms. The molecule has 0 radical (unpaired) electrons. The lowest BCUT2D eigenvalue weighted by Crippen LogP contribution is -2.36. The number of amides is 1. The highest BCUT2D eigenvalue weighted by atomic mass is 16.6. The van der Waals surface area contributed by atoms with E-state index in [0.717, 1.165) is 31.7 Å². The van der Waals surface area contributed by atoms with Crippen LogP contribution in [0.15, 0.2) is 48.5 Å². The number of hydrogen-bond acceptors (Lipinski definition) is 5. The molecule has 29 heavy (non-hydrogen) atoms. The molecular weight excluding hydrogens is 370 g/mol. The van der Waals surface area contributed by atoms with Gasteiger partial charge in [-0.3, -0.25) is 14.9 Å². The van der Waals surface area contributed by atoms with Crippen LogP contribution in [-0.2, 0) is 0 Å². The summed E-state index contributed by atoms with van der Waals surface area (Å²) in [6.45, 7) is 5.80. The molecular formula is C22H27N3O4.